The monoisotopic (exact) mass is 2010 g/mol. The maximum Gasteiger partial charge on any atom is 0.397 e. The Balaban J connectivity index is 0.000000168. The van der Waals surface area contributed by atoms with Gasteiger partial charge in [0.15, 0.2) is 18.3 Å². The number of benzene rings is 1. The van der Waals surface area contributed by atoms with Gasteiger partial charge in [-0.15, -0.1) is 0 Å². The number of allylic oxidation sites excluding steroid dienone is 9. The quantitative estimate of drug-likeness (QED) is 0.0306. The standard InChI is InChI=1S/C38H44BrNO10.2C34H45NO10/c1-19-16-20(2)38-25(14-15-26-29(38)30(41)21(3)32(33(26)50-38)49-35(43)23-10-6-7-11-23)17-28(46-5)36(44)48-31(19)22(4)47-37(45)34(42)40-18-24-12-8-9-13-27(24)39;1-16(2)35-30(37)33(40)42-20(6)27-17(3)14-18(4)34-22(15-24(41-7)32(39)43-27)12-13-23-25(34)26(36)19(5)28(29(23)45-34)44-31(38)21-10-8-9-11-21;1-7-14-35-30(37)33(40)42-20(5)27-17(2)15-18(3)34-22(16-24(41-6)32(39)43-27)12-13-23-25(34)26(36)19(4)28(29(23)45-34)44-31(38)21-10-8-9-11-21/h6-10,12-16,19,21-22,25-26,28-33,41H,11,17-18H2,1-5H3,(H,40,42);8-10,12-14,16-17,19-20,22-29,36H,11,15H2,1-7H3,(H,35,37);8-10,12-13,15,17,19-20,22-29,36H,7,11,14,16H2,1-6H3,(H,35,37)/b20-16+;18-14+;18-15+/t19-,21-,22-,25-,26?,28+,29?,30-,31+,32-,33-,38+;2*17-,19-,20-,22-,23?,24+,25?,26-,27+,28-,29-,34+/m111/s1. The number of rotatable bonds is 20. The van der Waals surface area contributed by atoms with E-state index in [1.165, 1.54) is 21.3 Å². The summed E-state index contributed by atoms with van der Waals surface area (Å²) in [4.78, 5) is 155. The van der Waals surface area contributed by atoms with E-state index < -0.39 is 240 Å². The van der Waals surface area contributed by atoms with Gasteiger partial charge in [0.2, 0.25) is 0 Å². The van der Waals surface area contributed by atoms with Crippen LogP contribution in [0.2, 0.25) is 0 Å². The lowest BCUT2D eigenvalue weighted by molar-refractivity contribution is -0.180. The Morgan fingerprint density at radius 1 is 0.457 bits per heavy atom. The third kappa shape index (κ3) is 20.5. The summed E-state index contributed by atoms with van der Waals surface area (Å²) in [5, 5.41) is 43.3. The molecule has 15 aliphatic rings. The molecule has 6 N–H and O–H groups in total. The van der Waals surface area contributed by atoms with Crippen molar-refractivity contribution >= 4 is 87.4 Å². The molecule has 6 heterocycles. The summed E-state index contributed by atoms with van der Waals surface area (Å²) < 4.78 is 91.3. The SMILES string of the molecule is CCCNC(=O)C(=O)O[C@H](C)[C@H]1OC(=O)[C@@H](OC)C[C@H]2C=CC3C4[C@H](O)[C@@H](C)[C@@H](OC(=O)C5=CC=CC5)[C@@H]3O[C@]42/C(C)=C/[C@H]1C.CO[C@H]1C[C@H]2C=CC3C4[C@H](O)[C@@H](C)[C@@H](OC(=O)C5=CC=CC5)[C@@H]3O[C@]42/C(C)=C/[C@@H](C)[C@@H]([C@@H](C)OC(=O)C(=O)NC(C)C)OC1=O.CO[C@H]1C[C@H]2C=CC3C4[C@H](O)[C@@H](C)[C@@H](OC(=O)C5=CC=CC5)[C@@H]3O[C@]42/C(C)=C/[C@@H](C)[C@@H]([C@@H](C)OC(=O)C(=O)NCc2ccccc2Br)OC1=O. The van der Waals surface area contributed by atoms with Crippen LogP contribution in [0.15, 0.2) is 172 Å². The van der Waals surface area contributed by atoms with Crippen molar-refractivity contribution < 1.29 is 144 Å². The highest BCUT2D eigenvalue weighted by atomic mass is 79.9. The number of hydrogen-bond donors (Lipinski definition) is 6. The molecule has 3 saturated carbocycles. The van der Waals surface area contributed by atoms with Gasteiger partial charge in [-0.1, -0.05) is 192 Å². The lowest BCUT2D eigenvalue weighted by atomic mass is 9.57. The van der Waals surface area contributed by atoms with E-state index in [-0.39, 0.29) is 79.2 Å². The number of aliphatic hydroxyl groups excluding tert-OH is 3. The number of carbonyl (C=O) groups is 12. The third-order valence-corrected chi connectivity index (χ3v) is 32.0. The van der Waals surface area contributed by atoms with Crippen molar-refractivity contribution in [3.05, 3.63) is 177 Å². The molecule has 3 spiro atoms. The highest BCUT2D eigenvalue weighted by molar-refractivity contribution is 9.10. The summed E-state index contributed by atoms with van der Waals surface area (Å²) >= 11 is 3.43. The molecule has 36 atom stereocenters. The predicted octanol–water partition coefficient (Wildman–Crippen LogP) is 9.72. The van der Waals surface area contributed by atoms with Gasteiger partial charge in [0, 0.05) is 150 Å². The number of ether oxygens (including phenoxy) is 15. The fraction of sp³-hybridized carbons (Fsp3) is 0.604. The molecule has 760 valence electrons. The van der Waals surface area contributed by atoms with Crippen molar-refractivity contribution in [3.8, 4) is 0 Å². The number of aliphatic hydroxyl groups is 3. The lowest BCUT2D eigenvalue weighted by Gasteiger charge is -2.49. The molecule has 140 heavy (non-hydrogen) atoms. The zero-order valence-corrected chi connectivity index (χ0v) is 84.0. The van der Waals surface area contributed by atoms with E-state index in [1.807, 2.05) is 185 Å². The second-order valence-corrected chi connectivity index (χ2v) is 41.1. The minimum atomic E-state index is -1.11. The zero-order valence-electron chi connectivity index (χ0n) is 82.4. The Morgan fingerprint density at radius 2 is 0.771 bits per heavy atom. The van der Waals surface area contributed by atoms with Crippen molar-refractivity contribution in [2.45, 2.75) is 288 Å². The van der Waals surface area contributed by atoms with Gasteiger partial charge >= 0.3 is 71.4 Å². The Hall–Kier alpha value is -10.1. The maximum absolute atomic E-state index is 13.7. The summed E-state index contributed by atoms with van der Waals surface area (Å²) in [7, 11) is 4.27. The Kier molecular flexibility index (Phi) is 33.2. The van der Waals surface area contributed by atoms with E-state index >= 15 is 0 Å². The number of halogens is 1. The van der Waals surface area contributed by atoms with Crippen LogP contribution in [0.1, 0.15) is 154 Å². The normalized spacial score (nSPS) is 39.3. The van der Waals surface area contributed by atoms with Crippen molar-refractivity contribution in [2.75, 3.05) is 27.9 Å². The number of methoxy groups -OCH3 is 3. The van der Waals surface area contributed by atoms with Crippen molar-refractivity contribution in [3.63, 3.8) is 0 Å². The summed E-state index contributed by atoms with van der Waals surface area (Å²) in [6, 6.07) is 7.05. The predicted molar refractivity (Wildman–Crippen MR) is 506 cm³/mol. The van der Waals surface area contributed by atoms with Crippen LogP contribution in [0.25, 0.3) is 0 Å². The van der Waals surface area contributed by atoms with Crippen molar-refractivity contribution in [1.82, 2.24) is 16.0 Å². The molecule has 34 heteroatoms. The van der Waals surface area contributed by atoms with Gasteiger partial charge in [-0.25, -0.2) is 43.2 Å². The van der Waals surface area contributed by atoms with Gasteiger partial charge in [0.05, 0.1) is 18.3 Å². The average molecular weight is 2010 g/mol. The summed E-state index contributed by atoms with van der Waals surface area (Å²) in [5.74, 6) is -14.8. The minimum Gasteiger partial charge on any atom is -0.456 e. The first-order valence-corrected chi connectivity index (χ1v) is 49.7. The van der Waals surface area contributed by atoms with Crippen LogP contribution in [-0.2, 0) is 135 Å². The van der Waals surface area contributed by atoms with Gasteiger partial charge in [0.1, 0.15) is 90.1 Å². The molecule has 9 aliphatic carbocycles. The lowest BCUT2D eigenvalue weighted by Crippen LogP contribution is -2.57. The highest BCUT2D eigenvalue weighted by Gasteiger charge is 2.73. The highest BCUT2D eigenvalue weighted by Crippen LogP contribution is 2.65. The Morgan fingerprint density at radius 3 is 1.06 bits per heavy atom. The molecule has 1 aromatic rings. The average Bonchev–Trinajstić information content (AvgIpc) is 1.54. The fourth-order valence-corrected chi connectivity index (χ4v) is 24.7. The molecule has 33 nitrogen and oxygen atoms in total. The number of amides is 3. The van der Waals surface area contributed by atoms with Crippen molar-refractivity contribution in [1.29, 1.82) is 0 Å². The largest absolute Gasteiger partial charge is 0.456 e. The van der Waals surface area contributed by atoms with E-state index in [4.69, 9.17) is 71.1 Å². The molecule has 6 unspecified atom stereocenters. The second kappa shape index (κ2) is 44.0. The number of hydrogen-bond acceptors (Lipinski definition) is 30. The first kappa shape index (κ1) is 106. The Labute approximate surface area is 824 Å². The molecule has 16 rings (SSSR count). The summed E-state index contributed by atoms with van der Waals surface area (Å²) in [6.07, 6.45) is 21.9. The smallest absolute Gasteiger partial charge is 0.397 e. The van der Waals surface area contributed by atoms with Gasteiger partial charge in [0.25, 0.3) is 0 Å². The Bertz CT molecular complexity index is 5310. The molecule has 3 saturated heterocycles. The summed E-state index contributed by atoms with van der Waals surface area (Å²) in [5.41, 5.74) is 1.78. The van der Waals surface area contributed by atoms with Gasteiger partial charge in [-0.05, 0) is 129 Å². The molecule has 0 aromatic heterocycles. The molecular formula is C106H134BrN3O30. The first-order valence-electron chi connectivity index (χ1n) is 48.9. The number of carbonyl (C=O) groups excluding carboxylic acids is 12. The third-order valence-electron chi connectivity index (χ3n) is 31.2. The number of cyclic esters (lactones) is 3. The first-order chi connectivity index (χ1) is 66.6. The second-order valence-electron chi connectivity index (χ2n) is 40.2. The molecule has 0 radical (unpaired) electrons. The van der Waals surface area contributed by atoms with Crippen LogP contribution in [-0.4, -0.2) is 247 Å². The van der Waals surface area contributed by atoms with E-state index in [2.05, 4.69) is 31.9 Å². The van der Waals surface area contributed by atoms with E-state index in [1.54, 1.807) is 52.8 Å². The molecule has 6 aliphatic heterocycles. The van der Waals surface area contributed by atoms with E-state index in [9.17, 15) is 72.9 Å². The van der Waals surface area contributed by atoms with Crippen LogP contribution >= 0.6 is 15.9 Å². The van der Waals surface area contributed by atoms with Crippen LogP contribution < -0.4 is 16.0 Å². The zero-order chi connectivity index (χ0) is 101. The molecule has 12 bridgehead atoms. The van der Waals surface area contributed by atoms with Gasteiger partial charge < -0.3 is 102 Å². The maximum atomic E-state index is 13.7. The molecule has 1 aromatic carbocycles. The van der Waals surface area contributed by atoms with Crippen LogP contribution in [0, 0.1) is 88.8 Å². The van der Waals surface area contributed by atoms with Crippen LogP contribution in [0.3, 0.4) is 0 Å². The molecule has 6 fully saturated rings. The van der Waals surface area contributed by atoms with Gasteiger partial charge in [-0.2, -0.15) is 0 Å². The molecular weight excluding hydrogens is 1880 g/mol. The minimum absolute atomic E-state index is 0.108. The van der Waals surface area contributed by atoms with E-state index in [0.717, 1.165) is 26.8 Å². The van der Waals surface area contributed by atoms with E-state index in [0.29, 0.717) is 48.9 Å². The number of nitrogens with one attached hydrogen (secondary N) is 3. The van der Waals surface area contributed by atoms with Crippen LogP contribution in [0.4, 0.5) is 0 Å². The van der Waals surface area contributed by atoms with Crippen LogP contribution in [0.5, 0.6) is 0 Å². The summed E-state index contributed by atoms with van der Waals surface area (Å²) in [6.45, 7) is 27.4. The van der Waals surface area contributed by atoms with Gasteiger partial charge in [-0.3, -0.25) is 14.4 Å². The molecule has 3 amide bonds. The number of esters is 9. The topological polar surface area (TPSA) is 440 Å². The van der Waals surface area contributed by atoms with Crippen molar-refractivity contribution in [2.24, 2.45) is 88.8 Å². The fourth-order valence-electron chi connectivity index (χ4n) is 24.2.